The van der Waals surface area contributed by atoms with E-state index in [1.54, 1.807) is 19.2 Å². The van der Waals surface area contributed by atoms with Crippen LogP contribution in [0.1, 0.15) is 17.5 Å². The Hall–Kier alpha value is -3.01. The van der Waals surface area contributed by atoms with E-state index in [1.165, 1.54) is 24.1 Å². The van der Waals surface area contributed by atoms with Gasteiger partial charge < -0.3 is 10.1 Å². The predicted octanol–water partition coefficient (Wildman–Crippen LogP) is 4.02. The zero-order valence-electron chi connectivity index (χ0n) is 17.5. The number of hydrogen-bond donors (Lipinski definition) is 1. The molecule has 0 spiro atoms. The summed E-state index contributed by atoms with van der Waals surface area (Å²) in [7, 11) is 3.03. The molecule has 0 aliphatic carbocycles. The van der Waals surface area contributed by atoms with E-state index in [4.69, 9.17) is 4.74 Å². The number of nitrogens with one attached hydrogen (secondary N) is 1. The maximum absolute atomic E-state index is 13.1. The third kappa shape index (κ3) is 5.82. The molecule has 0 unspecified atom stereocenters. The van der Waals surface area contributed by atoms with Crippen LogP contribution in [0.15, 0.2) is 53.5 Å². The van der Waals surface area contributed by atoms with Crippen molar-refractivity contribution in [2.75, 3.05) is 20.7 Å². The first-order chi connectivity index (χ1) is 15.2. The lowest BCUT2D eigenvalue weighted by Gasteiger charge is -2.31. The van der Waals surface area contributed by atoms with Crippen LogP contribution in [0.5, 0.6) is 5.75 Å². The number of alkyl halides is 3. The van der Waals surface area contributed by atoms with E-state index in [2.05, 4.69) is 10.3 Å². The molecule has 1 saturated heterocycles. The highest BCUT2D eigenvalue weighted by molar-refractivity contribution is 8.15. The minimum Gasteiger partial charge on any atom is -0.497 e. The average Bonchev–Trinajstić information content (AvgIpc) is 2.77. The van der Waals surface area contributed by atoms with Gasteiger partial charge in [0.15, 0.2) is 5.17 Å². The highest BCUT2D eigenvalue weighted by Crippen LogP contribution is 2.33. The van der Waals surface area contributed by atoms with Crippen LogP contribution in [-0.4, -0.2) is 47.8 Å². The Bertz CT molecular complexity index is 1010. The van der Waals surface area contributed by atoms with E-state index in [0.29, 0.717) is 12.2 Å². The molecule has 32 heavy (non-hydrogen) atoms. The number of carbonyl (C=O) groups excluding carboxylic acids is 2. The number of benzene rings is 2. The molecule has 10 heteroatoms. The number of thioether (sulfide) groups is 1. The molecule has 0 radical (unpaired) electrons. The van der Waals surface area contributed by atoms with E-state index >= 15 is 0 Å². The van der Waals surface area contributed by atoms with Gasteiger partial charge in [0, 0.05) is 20.0 Å². The van der Waals surface area contributed by atoms with Gasteiger partial charge in [-0.15, -0.1) is 0 Å². The van der Waals surface area contributed by atoms with Gasteiger partial charge in [0.2, 0.25) is 11.8 Å². The SMILES string of the molecule is CNC(=O)[C@H]1CC(=O)N(CCc2ccc(OC)cc2)C(=Nc2cccc(C(F)(F)F)c2)S1. The summed E-state index contributed by atoms with van der Waals surface area (Å²) in [5.41, 5.74) is 0.177. The van der Waals surface area contributed by atoms with Gasteiger partial charge in [0.1, 0.15) is 5.75 Å². The first kappa shape index (κ1) is 23.6. The Morgan fingerprint density at radius 3 is 2.59 bits per heavy atom. The zero-order chi connectivity index (χ0) is 23.3. The van der Waals surface area contributed by atoms with Gasteiger partial charge in [-0.3, -0.25) is 14.5 Å². The van der Waals surface area contributed by atoms with Crippen LogP contribution in [0.2, 0.25) is 0 Å². The smallest absolute Gasteiger partial charge is 0.416 e. The van der Waals surface area contributed by atoms with Crippen molar-refractivity contribution >= 4 is 34.4 Å². The average molecular weight is 465 g/mol. The summed E-state index contributed by atoms with van der Waals surface area (Å²) in [4.78, 5) is 30.7. The van der Waals surface area contributed by atoms with E-state index in [0.717, 1.165) is 29.5 Å². The van der Waals surface area contributed by atoms with Gasteiger partial charge in [-0.05, 0) is 42.3 Å². The van der Waals surface area contributed by atoms with Crippen LogP contribution in [0.25, 0.3) is 0 Å². The highest BCUT2D eigenvalue weighted by atomic mass is 32.2. The van der Waals surface area contributed by atoms with Crippen LogP contribution in [0.4, 0.5) is 18.9 Å². The van der Waals surface area contributed by atoms with Crippen molar-refractivity contribution in [3.63, 3.8) is 0 Å². The van der Waals surface area contributed by atoms with Crippen molar-refractivity contribution in [3.05, 3.63) is 59.7 Å². The number of nitrogens with zero attached hydrogens (tertiary/aromatic N) is 2. The number of carbonyl (C=O) groups is 2. The maximum Gasteiger partial charge on any atom is 0.416 e. The molecule has 2 amide bonds. The number of methoxy groups -OCH3 is 1. The Morgan fingerprint density at radius 1 is 1.25 bits per heavy atom. The standard InChI is InChI=1S/C22H22F3N3O3S/c1-26-20(30)18-13-19(29)28(11-10-14-6-8-17(31-2)9-7-14)21(32-18)27-16-5-3-4-15(12-16)22(23,24)25/h3-9,12,18H,10-11,13H2,1-2H3,(H,26,30)/t18-/m1/s1. The van der Waals surface area contributed by atoms with Gasteiger partial charge in [-0.1, -0.05) is 30.0 Å². The van der Waals surface area contributed by atoms with Gasteiger partial charge in [0.25, 0.3) is 0 Å². The Kier molecular flexibility index (Phi) is 7.44. The van der Waals surface area contributed by atoms with Crippen molar-refractivity contribution in [2.45, 2.75) is 24.3 Å². The topological polar surface area (TPSA) is 71.0 Å². The fourth-order valence-corrected chi connectivity index (χ4v) is 4.30. The van der Waals surface area contributed by atoms with Crippen LogP contribution in [-0.2, 0) is 22.2 Å². The summed E-state index contributed by atoms with van der Waals surface area (Å²) < 4.78 is 44.4. The Labute approximate surface area is 187 Å². The number of hydrogen-bond acceptors (Lipinski definition) is 5. The van der Waals surface area contributed by atoms with Crippen molar-refractivity contribution in [2.24, 2.45) is 4.99 Å². The minimum absolute atomic E-state index is 0.0193. The number of aliphatic imine (C=N–C) groups is 1. The number of rotatable bonds is 6. The van der Waals surface area contributed by atoms with E-state index in [-0.39, 0.29) is 35.6 Å². The second-order valence-electron chi connectivity index (χ2n) is 7.01. The largest absolute Gasteiger partial charge is 0.497 e. The molecule has 0 saturated carbocycles. The van der Waals surface area contributed by atoms with Gasteiger partial charge in [-0.25, -0.2) is 4.99 Å². The summed E-state index contributed by atoms with van der Waals surface area (Å²) in [5, 5.41) is 2.00. The lowest BCUT2D eigenvalue weighted by atomic mass is 10.1. The lowest BCUT2D eigenvalue weighted by molar-refractivity contribution is -0.137. The first-order valence-electron chi connectivity index (χ1n) is 9.78. The molecule has 170 valence electrons. The second-order valence-corrected chi connectivity index (χ2v) is 8.18. The quantitative estimate of drug-likeness (QED) is 0.700. The van der Waals surface area contributed by atoms with E-state index in [9.17, 15) is 22.8 Å². The number of ether oxygens (including phenoxy) is 1. The lowest BCUT2D eigenvalue weighted by Crippen LogP contribution is -2.46. The minimum atomic E-state index is -4.51. The monoisotopic (exact) mass is 465 g/mol. The summed E-state index contributed by atoms with van der Waals surface area (Å²) in [6.45, 7) is 0.274. The van der Waals surface area contributed by atoms with E-state index in [1.807, 2.05) is 12.1 Å². The summed E-state index contributed by atoms with van der Waals surface area (Å²) in [6, 6.07) is 11.9. The first-order valence-corrected chi connectivity index (χ1v) is 10.7. The molecule has 2 aromatic rings. The molecule has 1 N–H and O–H groups in total. The number of amidine groups is 1. The molecule has 3 rings (SSSR count). The summed E-state index contributed by atoms with van der Waals surface area (Å²) >= 11 is 1.07. The molecule has 2 aromatic carbocycles. The predicted molar refractivity (Wildman–Crippen MR) is 117 cm³/mol. The van der Waals surface area contributed by atoms with Crippen LogP contribution in [0, 0.1) is 0 Å². The van der Waals surface area contributed by atoms with Crippen LogP contribution >= 0.6 is 11.8 Å². The van der Waals surface area contributed by atoms with Gasteiger partial charge in [-0.2, -0.15) is 13.2 Å². The van der Waals surface area contributed by atoms with Crippen molar-refractivity contribution in [1.82, 2.24) is 10.2 Å². The molecule has 1 aliphatic rings. The molecule has 1 fully saturated rings. The van der Waals surface area contributed by atoms with Crippen molar-refractivity contribution < 1.29 is 27.5 Å². The second kappa shape index (κ2) is 10.1. The van der Waals surface area contributed by atoms with Gasteiger partial charge in [0.05, 0.1) is 23.6 Å². The summed E-state index contributed by atoms with van der Waals surface area (Å²) in [6.07, 6.45) is -4.03. The summed E-state index contributed by atoms with van der Waals surface area (Å²) in [5.74, 6) is 0.0602. The fourth-order valence-electron chi connectivity index (χ4n) is 3.12. The van der Waals surface area contributed by atoms with E-state index < -0.39 is 17.0 Å². The molecule has 1 heterocycles. The van der Waals surface area contributed by atoms with Crippen LogP contribution < -0.4 is 10.1 Å². The molecule has 0 bridgehead atoms. The molecular formula is C22H22F3N3O3S. The van der Waals surface area contributed by atoms with Crippen molar-refractivity contribution in [3.8, 4) is 5.75 Å². The molecule has 1 atom stereocenters. The van der Waals surface area contributed by atoms with Crippen molar-refractivity contribution in [1.29, 1.82) is 0 Å². The number of halogens is 3. The third-order valence-corrected chi connectivity index (χ3v) is 6.05. The Morgan fingerprint density at radius 2 is 1.97 bits per heavy atom. The normalized spacial score (nSPS) is 18.0. The molecule has 6 nitrogen and oxygen atoms in total. The fraction of sp³-hybridized carbons (Fsp3) is 0.318. The molecular weight excluding hydrogens is 443 g/mol. The zero-order valence-corrected chi connectivity index (χ0v) is 18.3. The Balaban J connectivity index is 1.88. The maximum atomic E-state index is 13.1. The molecule has 0 aromatic heterocycles. The van der Waals surface area contributed by atoms with Gasteiger partial charge >= 0.3 is 6.18 Å². The molecule has 1 aliphatic heterocycles. The third-order valence-electron chi connectivity index (χ3n) is 4.86. The number of amides is 2. The van der Waals surface area contributed by atoms with Crippen LogP contribution in [0.3, 0.4) is 0 Å². The highest BCUT2D eigenvalue weighted by Gasteiger charge is 2.35.